The third-order valence-electron chi connectivity index (χ3n) is 6.16. The molecule has 0 bridgehead atoms. The largest absolute Gasteiger partial charge is 0.494 e. The van der Waals surface area contributed by atoms with Crippen molar-refractivity contribution in [3.05, 3.63) is 42.4 Å². The van der Waals surface area contributed by atoms with E-state index < -0.39 is 0 Å². The molecule has 1 heterocycles. The van der Waals surface area contributed by atoms with Gasteiger partial charge in [-0.2, -0.15) is 0 Å². The summed E-state index contributed by atoms with van der Waals surface area (Å²) in [5, 5.41) is 0. The standard InChI is InChI=1S/C25H36N2O/c1-3-4-5-9-21-10-6-7-11-22(21)12-8-17-28-24-15-13-23(14-16-24)25-19-26-20(2)18-27-25/h13-16,18-19,21-22H,3-12,17H2,1-2H3. The molecule has 1 aliphatic carbocycles. The summed E-state index contributed by atoms with van der Waals surface area (Å²) >= 11 is 0. The van der Waals surface area contributed by atoms with E-state index in [1.165, 1.54) is 64.2 Å². The molecule has 0 spiro atoms. The molecule has 0 amide bonds. The third-order valence-corrected chi connectivity index (χ3v) is 6.16. The minimum atomic E-state index is 0.821. The van der Waals surface area contributed by atoms with E-state index >= 15 is 0 Å². The van der Waals surface area contributed by atoms with E-state index in [1.807, 2.05) is 25.3 Å². The predicted molar refractivity (Wildman–Crippen MR) is 117 cm³/mol. The number of hydrogen-bond donors (Lipinski definition) is 0. The summed E-state index contributed by atoms with van der Waals surface area (Å²) < 4.78 is 6.00. The number of ether oxygens (including phenoxy) is 1. The Labute approximate surface area is 171 Å². The molecule has 3 heteroatoms. The molecule has 3 rings (SSSR count). The van der Waals surface area contributed by atoms with E-state index in [9.17, 15) is 0 Å². The second kappa shape index (κ2) is 11.2. The highest BCUT2D eigenvalue weighted by Crippen LogP contribution is 2.36. The molecule has 1 saturated carbocycles. The van der Waals surface area contributed by atoms with Crippen LogP contribution in [0.3, 0.4) is 0 Å². The zero-order valence-electron chi connectivity index (χ0n) is 17.7. The normalized spacial score (nSPS) is 19.5. The fourth-order valence-corrected chi connectivity index (χ4v) is 4.50. The Bertz CT molecular complexity index is 681. The van der Waals surface area contributed by atoms with E-state index in [-0.39, 0.29) is 0 Å². The highest BCUT2D eigenvalue weighted by atomic mass is 16.5. The van der Waals surface area contributed by atoms with Gasteiger partial charge in [0.1, 0.15) is 5.75 Å². The minimum absolute atomic E-state index is 0.821. The number of aryl methyl sites for hydroxylation is 1. The maximum atomic E-state index is 6.00. The van der Waals surface area contributed by atoms with Gasteiger partial charge in [-0.05, 0) is 55.9 Å². The summed E-state index contributed by atoms with van der Waals surface area (Å²) in [4.78, 5) is 8.75. The van der Waals surface area contributed by atoms with Crippen molar-refractivity contribution in [2.75, 3.05) is 6.61 Å². The Morgan fingerprint density at radius 3 is 2.25 bits per heavy atom. The maximum absolute atomic E-state index is 6.00. The maximum Gasteiger partial charge on any atom is 0.119 e. The van der Waals surface area contributed by atoms with E-state index in [4.69, 9.17) is 4.74 Å². The predicted octanol–water partition coefficient (Wildman–Crippen LogP) is 7.00. The highest BCUT2D eigenvalue weighted by Gasteiger charge is 2.24. The molecular weight excluding hydrogens is 344 g/mol. The Hall–Kier alpha value is -1.90. The van der Waals surface area contributed by atoms with Crippen LogP contribution in [-0.4, -0.2) is 16.6 Å². The Morgan fingerprint density at radius 1 is 0.893 bits per heavy atom. The average Bonchev–Trinajstić information content (AvgIpc) is 2.73. The van der Waals surface area contributed by atoms with Crippen LogP contribution in [0.2, 0.25) is 0 Å². The number of aromatic nitrogens is 2. The lowest BCUT2D eigenvalue weighted by atomic mass is 9.74. The first-order chi connectivity index (χ1) is 13.8. The lowest BCUT2D eigenvalue weighted by Crippen LogP contribution is -2.20. The molecule has 152 valence electrons. The van der Waals surface area contributed by atoms with E-state index in [0.29, 0.717) is 0 Å². The Morgan fingerprint density at radius 2 is 1.61 bits per heavy atom. The molecule has 0 N–H and O–H groups in total. The second-order valence-corrected chi connectivity index (χ2v) is 8.36. The van der Waals surface area contributed by atoms with Crippen molar-refractivity contribution in [3.8, 4) is 17.0 Å². The molecule has 2 unspecified atom stereocenters. The van der Waals surface area contributed by atoms with Crippen molar-refractivity contribution < 1.29 is 4.74 Å². The summed E-state index contributed by atoms with van der Waals surface area (Å²) in [6.45, 7) is 5.08. The molecule has 2 aromatic rings. The van der Waals surface area contributed by atoms with Crippen LogP contribution in [0, 0.1) is 18.8 Å². The van der Waals surface area contributed by atoms with Crippen molar-refractivity contribution in [2.24, 2.45) is 11.8 Å². The van der Waals surface area contributed by atoms with E-state index in [2.05, 4.69) is 29.0 Å². The van der Waals surface area contributed by atoms with Gasteiger partial charge < -0.3 is 4.74 Å². The molecule has 0 aliphatic heterocycles. The molecule has 1 aromatic carbocycles. The van der Waals surface area contributed by atoms with Crippen LogP contribution in [0.15, 0.2) is 36.7 Å². The van der Waals surface area contributed by atoms with Crippen LogP contribution in [0.5, 0.6) is 5.75 Å². The van der Waals surface area contributed by atoms with Gasteiger partial charge in [0.15, 0.2) is 0 Å². The number of hydrogen-bond acceptors (Lipinski definition) is 3. The summed E-state index contributed by atoms with van der Waals surface area (Å²) in [7, 11) is 0. The summed E-state index contributed by atoms with van der Waals surface area (Å²) in [6, 6.07) is 8.23. The minimum Gasteiger partial charge on any atom is -0.494 e. The van der Waals surface area contributed by atoms with Gasteiger partial charge in [0.2, 0.25) is 0 Å². The molecule has 0 radical (unpaired) electrons. The van der Waals surface area contributed by atoms with Crippen molar-refractivity contribution in [3.63, 3.8) is 0 Å². The fraction of sp³-hybridized carbons (Fsp3) is 0.600. The molecule has 1 aliphatic rings. The Kier molecular flexibility index (Phi) is 8.32. The quantitative estimate of drug-likeness (QED) is 0.416. The number of nitrogens with zero attached hydrogens (tertiary/aromatic N) is 2. The highest BCUT2D eigenvalue weighted by molar-refractivity contribution is 5.58. The van der Waals surface area contributed by atoms with Crippen LogP contribution >= 0.6 is 0 Å². The topological polar surface area (TPSA) is 35.0 Å². The monoisotopic (exact) mass is 380 g/mol. The smallest absolute Gasteiger partial charge is 0.119 e. The third kappa shape index (κ3) is 6.32. The first-order valence-corrected chi connectivity index (χ1v) is 11.3. The molecule has 3 nitrogen and oxygen atoms in total. The molecule has 0 saturated heterocycles. The second-order valence-electron chi connectivity index (χ2n) is 8.36. The molecule has 28 heavy (non-hydrogen) atoms. The van der Waals surface area contributed by atoms with Crippen molar-refractivity contribution in [1.29, 1.82) is 0 Å². The van der Waals surface area contributed by atoms with Crippen molar-refractivity contribution >= 4 is 0 Å². The van der Waals surface area contributed by atoms with Crippen molar-refractivity contribution in [2.45, 2.75) is 78.1 Å². The Balaban J connectivity index is 1.41. The lowest BCUT2D eigenvalue weighted by molar-refractivity contribution is 0.190. The SMILES string of the molecule is CCCCCC1CCCCC1CCCOc1ccc(-c2cnc(C)cn2)cc1. The van der Waals surface area contributed by atoms with Gasteiger partial charge in [-0.25, -0.2) is 0 Å². The molecule has 1 fully saturated rings. The van der Waals surface area contributed by atoms with Crippen LogP contribution in [0.4, 0.5) is 0 Å². The number of unbranched alkanes of at least 4 members (excludes halogenated alkanes) is 2. The van der Waals surface area contributed by atoms with Gasteiger partial charge in [0, 0.05) is 11.8 Å². The zero-order valence-corrected chi connectivity index (χ0v) is 17.7. The molecule has 2 atom stereocenters. The van der Waals surface area contributed by atoms with Crippen LogP contribution in [-0.2, 0) is 0 Å². The first kappa shape index (κ1) is 20.8. The van der Waals surface area contributed by atoms with Crippen molar-refractivity contribution in [1.82, 2.24) is 9.97 Å². The molecule has 1 aromatic heterocycles. The van der Waals surface area contributed by atoms with Gasteiger partial charge in [-0.15, -0.1) is 0 Å². The van der Waals surface area contributed by atoms with E-state index in [0.717, 1.165) is 41.1 Å². The summed E-state index contributed by atoms with van der Waals surface area (Å²) in [6.07, 6.45) is 17.5. The van der Waals surface area contributed by atoms with Gasteiger partial charge in [0.25, 0.3) is 0 Å². The van der Waals surface area contributed by atoms with Gasteiger partial charge in [-0.3, -0.25) is 9.97 Å². The summed E-state index contributed by atoms with van der Waals surface area (Å²) in [5.41, 5.74) is 2.93. The fourth-order valence-electron chi connectivity index (χ4n) is 4.50. The van der Waals surface area contributed by atoms with Gasteiger partial charge in [-0.1, -0.05) is 58.3 Å². The van der Waals surface area contributed by atoms with Crippen LogP contribution in [0.1, 0.15) is 76.8 Å². The van der Waals surface area contributed by atoms with Gasteiger partial charge >= 0.3 is 0 Å². The van der Waals surface area contributed by atoms with Gasteiger partial charge in [0.05, 0.1) is 24.2 Å². The first-order valence-electron chi connectivity index (χ1n) is 11.3. The lowest BCUT2D eigenvalue weighted by Gasteiger charge is -2.31. The zero-order chi connectivity index (χ0) is 19.6. The molecular formula is C25H36N2O. The van der Waals surface area contributed by atoms with E-state index in [1.54, 1.807) is 6.20 Å². The van der Waals surface area contributed by atoms with Crippen LogP contribution < -0.4 is 4.74 Å². The number of benzene rings is 1. The van der Waals surface area contributed by atoms with Crippen LogP contribution in [0.25, 0.3) is 11.3 Å². The number of rotatable bonds is 10. The summed E-state index contributed by atoms with van der Waals surface area (Å²) in [5.74, 6) is 2.85. The average molecular weight is 381 g/mol.